The second-order valence-corrected chi connectivity index (χ2v) is 5.19. The maximum atomic E-state index is 7.20. The van der Waals surface area contributed by atoms with Crippen LogP contribution in [0.15, 0.2) is 34.6 Å². The molecule has 2 aromatic rings. The first-order valence-electron chi connectivity index (χ1n) is 6.61. The monoisotopic (exact) mass is 318 g/mol. The Morgan fingerprint density at radius 1 is 1.55 bits per heavy atom. The van der Waals surface area contributed by atoms with Gasteiger partial charge in [0.15, 0.2) is 11.1 Å². The van der Waals surface area contributed by atoms with Gasteiger partial charge in [-0.2, -0.15) is 0 Å². The summed E-state index contributed by atoms with van der Waals surface area (Å²) in [5.41, 5.74) is 7.90. The molecule has 5 N–H and O–H groups in total. The van der Waals surface area contributed by atoms with Gasteiger partial charge in [0.2, 0.25) is 0 Å². The highest BCUT2D eigenvalue weighted by Gasteiger charge is 2.05. The van der Waals surface area contributed by atoms with Gasteiger partial charge >= 0.3 is 0 Å². The van der Waals surface area contributed by atoms with Gasteiger partial charge in [-0.1, -0.05) is 12.1 Å². The van der Waals surface area contributed by atoms with Crippen LogP contribution in [0.1, 0.15) is 0 Å². The molecule has 0 aliphatic rings. The molecule has 0 saturated heterocycles. The van der Waals surface area contributed by atoms with Crippen molar-refractivity contribution < 1.29 is 4.74 Å². The first-order valence-corrected chi connectivity index (χ1v) is 7.49. The molecule has 7 nitrogen and oxygen atoms in total. The van der Waals surface area contributed by atoms with Gasteiger partial charge in [-0.3, -0.25) is 5.41 Å². The lowest BCUT2D eigenvalue weighted by Gasteiger charge is -2.01. The molecule has 1 heterocycles. The summed E-state index contributed by atoms with van der Waals surface area (Å²) < 4.78 is 4.94. The summed E-state index contributed by atoms with van der Waals surface area (Å²) in [6.45, 7) is 1.35. The van der Waals surface area contributed by atoms with Crippen molar-refractivity contribution in [3.05, 3.63) is 29.6 Å². The van der Waals surface area contributed by atoms with Gasteiger partial charge in [0.1, 0.15) is 0 Å². The van der Waals surface area contributed by atoms with E-state index in [2.05, 4.69) is 20.6 Å². The Balaban J connectivity index is 2.04. The maximum Gasteiger partial charge on any atom is 0.192 e. The molecule has 0 bridgehead atoms. The molecular weight excluding hydrogens is 300 g/mol. The zero-order chi connectivity index (χ0) is 15.8. The van der Waals surface area contributed by atoms with Crippen molar-refractivity contribution in [2.75, 3.05) is 25.6 Å². The Morgan fingerprint density at radius 2 is 2.41 bits per heavy atom. The summed E-state index contributed by atoms with van der Waals surface area (Å²) in [5.74, 6) is -0.124. The number of hydrogen-bond donors (Lipinski definition) is 4. The van der Waals surface area contributed by atoms with Crippen molar-refractivity contribution >= 4 is 34.5 Å². The molecule has 8 heteroatoms. The normalized spacial score (nSPS) is 10.8. The standard InChI is InChI=1S/C14H18N6OS/c1-21-6-5-17-9-18-11-4-2-3-10(7-11)12-8-22-14(19-12)20-13(15)16/h2-4,7-9H,5-6H2,1H3,(H,17,18)(H4,15,16,19,20). The Morgan fingerprint density at radius 3 is 3.18 bits per heavy atom. The van der Waals surface area contributed by atoms with E-state index in [1.807, 2.05) is 29.6 Å². The lowest BCUT2D eigenvalue weighted by atomic mass is 10.1. The van der Waals surface area contributed by atoms with E-state index in [0.29, 0.717) is 18.3 Å². The molecule has 0 unspecified atom stereocenters. The largest absolute Gasteiger partial charge is 0.383 e. The Hall–Kier alpha value is -2.45. The van der Waals surface area contributed by atoms with E-state index < -0.39 is 0 Å². The van der Waals surface area contributed by atoms with E-state index in [0.717, 1.165) is 16.9 Å². The highest BCUT2D eigenvalue weighted by molar-refractivity contribution is 7.14. The van der Waals surface area contributed by atoms with Crippen molar-refractivity contribution in [1.82, 2.24) is 10.3 Å². The SMILES string of the molecule is COCCN/C=N/c1cccc(-c2csc(NC(=N)N)n2)c1. The van der Waals surface area contributed by atoms with Gasteiger partial charge in [0, 0.05) is 24.6 Å². The lowest BCUT2D eigenvalue weighted by molar-refractivity contribution is 0.204. The predicted octanol–water partition coefficient (Wildman–Crippen LogP) is 2.01. The summed E-state index contributed by atoms with van der Waals surface area (Å²) in [6, 6.07) is 7.75. The highest BCUT2D eigenvalue weighted by Crippen LogP contribution is 2.27. The molecule has 2 rings (SSSR count). The molecule has 116 valence electrons. The third-order valence-corrected chi connectivity index (χ3v) is 3.40. The molecule has 0 amide bonds. The summed E-state index contributed by atoms with van der Waals surface area (Å²) in [4.78, 5) is 8.72. The molecule has 0 radical (unpaired) electrons. The van der Waals surface area contributed by atoms with E-state index in [1.165, 1.54) is 11.3 Å². The summed E-state index contributed by atoms with van der Waals surface area (Å²) >= 11 is 1.40. The number of ether oxygens (including phenoxy) is 1. The van der Waals surface area contributed by atoms with Crippen LogP contribution in [-0.4, -0.2) is 37.5 Å². The van der Waals surface area contributed by atoms with Crippen LogP contribution < -0.4 is 16.4 Å². The van der Waals surface area contributed by atoms with Crippen LogP contribution in [0.25, 0.3) is 11.3 Å². The van der Waals surface area contributed by atoms with Gasteiger partial charge in [-0.25, -0.2) is 9.98 Å². The fourth-order valence-corrected chi connectivity index (χ4v) is 2.40. The molecule has 0 aliphatic carbocycles. The van der Waals surface area contributed by atoms with Crippen molar-refractivity contribution in [3.8, 4) is 11.3 Å². The van der Waals surface area contributed by atoms with Gasteiger partial charge in [0.05, 0.1) is 24.3 Å². The fraction of sp³-hybridized carbons (Fsp3) is 0.214. The Labute approximate surface area is 132 Å². The Bertz CT molecular complexity index is 654. The molecule has 0 aliphatic heterocycles. The first kappa shape index (κ1) is 15.9. The number of aliphatic imine (C=N–C) groups is 1. The van der Waals surface area contributed by atoms with E-state index in [-0.39, 0.29) is 5.96 Å². The number of methoxy groups -OCH3 is 1. The quantitative estimate of drug-likeness (QED) is 0.355. The number of thiazole rings is 1. The van der Waals surface area contributed by atoms with Crippen molar-refractivity contribution in [2.24, 2.45) is 10.7 Å². The van der Waals surface area contributed by atoms with Crippen LogP contribution >= 0.6 is 11.3 Å². The molecule has 0 saturated carbocycles. The van der Waals surface area contributed by atoms with E-state index in [4.69, 9.17) is 15.9 Å². The van der Waals surface area contributed by atoms with E-state index in [1.54, 1.807) is 13.4 Å². The first-order chi connectivity index (χ1) is 10.7. The lowest BCUT2D eigenvalue weighted by Crippen LogP contribution is -2.20. The van der Waals surface area contributed by atoms with Crippen molar-refractivity contribution in [3.63, 3.8) is 0 Å². The zero-order valence-electron chi connectivity index (χ0n) is 12.2. The van der Waals surface area contributed by atoms with Crippen LogP contribution in [0.3, 0.4) is 0 Å². The maximum absolute atomic E-state index is 7.20. The molecule has 1 aromatic carbocycles. The van der Waals surface area contributed by atoms with Gasteiger partial charge < -0.3 is 21.1 Å². The minimum atomic E-state index is -0.124. The third kappa shape index (κ3) is 4.83. The number of guanidine groups is 1. The van der Waals surface area contributed by atoms with Crippen LogP contribution in [0, 0.1) is 5.41 Å². The molecule has 0 atom stereocenters. The number of nitrogens with one attached hydrogen (secondary N) is 3. The molecular formula is C14H18N6OS. The third-order valence-electron chi connectivity index (χ3n) is 2.64. The van der Waals surface area contributed by atoms with Gasteiger partial charge in [-0.15, -0.1) is 11.3 Å². The van der Waals surface area contributed by atoms with Crippen molar-refractivity contribution in [1.29, 1.82) is 5.41 Å². The second kappa shape index (κ2) is 8.11. The molecule has 0 fully saturated rings. The smallest absolute Gasteiger partial charge is 0.192 e. The summed E-state index contributed by atoms with van der Waals surface area (Å²) in [7, 11) is 1.66. The van der Waals surface area contributed by atoms with Crippen LogP contribution in [0.4, 0.5) is 10.8 Å². The molecule has 1 aromatic heterocycles. The number of benzene rings is 1. The van der Waals surface area contributed by atoms with E-state index in [9.17, 15) is 0 Å². The van der Waals surface area contributed by atoms with Crippen LogP contribution in [0.5, 0.6) is 0 Å². The number of nitrogens with zero attached hydrogens (tertiary/aromatic N) is 2. The van der Waals surface area contributed by atoms with Gasteiger partial charge in [-0.05, 0) is 12.1 Å². The van der Waals surface area contributed by atoms with E-state index >= 15 is 0 Å². The number of aromatic nitrogens is 1. The highest BCUT2D eigenvalue weighted by atomic mass is 32.1. The van der Waals surface area contributed by atoms with Crippen LogP contribution in [0.2, 0.25) is 0 Å². The number of rotatable bonds is 7. The average Bonchev–Trinajstić information content (AvgIpc) is 2.95. The van der Waals surface area contributed by atoms with Gasteiger partial charge in [0.25, 0.3) is 0 Å². The molecule has 0 spiro atoms. The molecule has 22 heavy (non-hydrogen) atoms. The number of anilines is 1. The topological polar surface area (TPSA) is 108 Å². The minimum Gasteiger partial charge on any atom is -0.383 e. The van der Waals surface area contributed by atoms with Crippen LogP contribution in [-0.2, 0) is 4.74 Å². The van der Waals surface area contributed by atoms with Crippen molar-refractivity contribution in [2.45, 2.75) is 0 Å². The number of hydrogen-bond acceptors (Lipinski definition) is 5. The second-order valence-electron chi connectivity index (χ2n) is 4.33. The zero-order valence-corrected chi connectivity index (χ0v) is 13.0. The Kier molecular flexibility index (Phi) is 5.87. The number of nitrogens with two attached hydrogens (primary N) is 1. The average molecular weight is 318 g/mol. The fourth-order valence-electron chi connectivity index (χ4n) is 1.67. The predicted molar refractivity (Wildman–Crippen MR) is 91.1 cm³/mol. The summed E-state index contributed by atoms with van der Waals surface area (Å²) in [6.07, 6.45) is 1.65. The summed E-state index contributed by atoms with van der Waals surface area (Å²) in [5, 5.41) is 15.4. The minimum absolute atomic E-state index is 0.124.